The number of fused-ring (bicyclic) bond motifs is 1. The lowest BCUT2D eigenvalue weighted by atomic mass is 9.98. The third-order valence-corrected chi connectivity index (χ3v) is 5.57. The molecule has 0 amide bonds. The molecule has 0 radical (unpaired) electrons. The Bertz CT molecular complexity index is 889. The molecule has 1 atom stereocenters. The third-order valence-electron chi connectivity index (χ3n) is 4.98. The number of piperidine rings is 1. The van der Waals surface area contributed by atoms with Gasteiger partial charge in [0.05, 0.1) is 23.5 Å². The van der Waals surface area contributed by atoms with Gasteiger partial charge in [-0.1, -0.05) is 0 Å². The van der Waals surface area contributed by atoms with E-state index in [-0.39, 0.29) is 0 Å². The summed E-state index contributed by atoms with van der Waals surface area (Å²) >= 11 is 1.92. The second-order valence-corrected chi connectivity index (χ2v) is 8.11. The van der Waals surface area contributed by atoms with E-state index >= 15 is 0 Å². The molecular formula is C18H26N8S. The molecule has 0 spiro atoms. The van der Waals surface area contributed by atoms with Crippen molar-refractivity contribution in [3.8, 4) is 0 Å². The predicted molar refractivity (Wildman–Crippen MR) is 109 cm³/mol. The summed E-state index contributed by atoms with van der Waals surface area (Å²) in [5.74, 6) is 2.39. The van der Waals surface area contributed by atoms with Gasteiger partial charge in [-0.05, 0) is 31.6 Å². The normalized spacial score (nSPS) is 18.2. The molecule has 4 heterocycles. The largest absolute Gasteiger partial charge is 0.321 e. The first-order chi connectivity index (χ1) is 13.2. The first-order valence-electron chi connectivity index (χ1n) is 9.37. The van der Waals surface area contributed by atoms with Crippen LogP contribution in [0.5, 0.6) is 0 Å². The summed E-state index contributed by atoms with van der Waals surface area (Å²) < 4.78 is 3.78. The van der Waals surface area contributed by atoms with Crippen LogP contribution in [0, 0.1) is 5.92 Å². The van der Waals surface area contributed by atoms with E-state index in [9.17, 15) is 0 Å². The fourth-order valence-corrected chi connectivity index (χ4v) is 4.08. The second-order valence-electron chi connectivity index (χ2n) is 7.13. The maximum Gasteiger partial charge on any atom is 0.229 e. The monoisotopic (exact) mass is 386 g/mol. The zero-order chi connectivity index (χ0) is 18.6. The minimum absolute atomic E-state index is 0.572. The number of hydrogen-bond donors (Lipinski definition) is 1. The van der Waals surface area contributed by atoms with E-state index in [1.807, 2.05) is 42.1 Å². The van der Waals surface area contributed by atoms with Crippen LogP contribution in [0.15, 0.2) is 24.8 Å². The van der Waals surface area contributed by atoms with Crippen molar-refractivity contribution >= 4 is 34.4 Å². The number of thioether (sulfide) groups is 1. The van der Waals surface area contributed by atoms with Gasteiger partial charge in [0.1, 0.15) is 0 Å². The first kappa shape index (κ1) is 18.2. The number of nitrogens with zero attached hydrogens (tertiary/aromatic N) is 7. The molecule has 9 heteroatoms. The predicted octanol–water partition coefficient (Wildman–Crippen LogP) is 2.38. The van der Waals surface area contributed by atoms with Gasteiger partial charge in [0.2, 0.25) is 5.95 Å². The molecule has 1 aliphatic rings. The highest BCUT2D eigenvalue weighted by Crippen LogP contribution is 2.21. The van der Waals surface area contributed by atoms with Crippen molar-refractivity contribution in [1.82, 2.24) is 34.4 Å². The molecule has 1 fully saturated rings. The lowest BCUT2D eigenvalue weighted by Crippen LogP contribution is -2.38. The molecule has 4 rings (SSSR count). The van der Waals surface area contributed by atoms with Crippen molar-refractivity contribution in [2.45, 2.75) is 19.4 Å². The van der Waals surface area contributed by atoms with Crippen LogP contribution in [-0.4, -0.2) is 66.1 Å². The Hall–Kier alpha value is -2.13. The lowest BCUT2D eigenvalue weighted by molar-refractivity contribution is 0.169. The summed E-state index contributed by atoms with van der Waals surface area (Å²) in [7, 11) is 1.89. The van der Waals surface area contributed by atoms with Crippen LogP contribution in [0.2, 0.25) is 0 Å². The van der Waals surface area contributed by atoms with Crippen LogP contribution >= 0.6 is 11.8 Å². The first-order valence-corrected chi connectivity index (χ1v) is 10.8. The fourth-order valence-electron chi connectivity index (χ4n) is 3.64. The highest BCUT2D eigenvalue weighted by Gasteiger charge is 2.21. The molecule has 3 aromatic rings. The van der Waals surface area contributed by atoms with Crippen LogP contribution in [0.1, 0.15) is 12.8 Å². The van der Waals surface area contributed by atoms with Gasteiger partial charge in [-0.3, -0.25) is 4.68 Å². The summed E-state index contributed by atoms with van der Waals surface area (Å²) in [5.41, 5.74) is 1.76. The van der Waals surface area contributed by atoms with E-state index in [4.69, 9.17) is 4.98 Å². The van der Waals surface area contributed by atoms with Gasteiger partial charge in [-0.25, -0.2) is 9.67 Å². The number of anilines is 2. The minimum atomic E-state index is 0.572. The second kappa shape index (κ2) is 8.26. The van der Waals surface area contributed by atoms with E-state index in [0.717, 1.165) is 29.8 Å². The molecular weight excluding hydrogens is 360 g/mol. The summed E-state index contributed by atoms with van der Waals surface area (Å²) in [6, 6.07) is 0. The van der Waals surface area contributed by atoms with E-state index in [1.165, 1.54) is 31.7 Å². The smallest absolute Gasteiger partial charge is 0.229 e. The van der Waals surface area contributed by atoms with Gasteiger partial charge < -0.3 is 10.2 Å². The number of aryl methyl sites for hydroxylation is 1. The zero-order valence-corrected chi connectivity index (χ0v) is 16.7. The van der Waals surface area contributed by atoms with E-state index in [1.54, 1.807) is 10.9 Å². The number of aromatic nitrogens is 6. The Labute approximate surface area is 163 Å². The molecule has 3 aromatic heterocycles. The van der Waals surface area contributed by atoms with Gasteiger partial charge in [0, 0.05) is 44.8 Å². The molecule has 8 nitrogen and oxygen atoms in total. The number of nitrogens with one attached hydrogen (secondary N) is 1. The van der Waals surface area contributed by atoms with Crippen molar-refractivity contribution in [2.24, 2.45) is 13.0 Å². The van der Waals surface area contributed by atoms with Crippen LogP contribution in [0.3, 0.4) is 0 Å². The molecule has 144 valence electrons. The van der Waals surface area contributed by atoms with Crippen LogP contribution in [0.25, 0.3) is 11.0 Å². The van der Waals surface area contributed by atoms with Crippen molar-refractivity contribution in [1.29, 1.82) is 0 Å². The fraction of sp³-hybridized carbons (Fsp3) is 0.556. The quantitative estimate of drug-likeness (QED) is 0.668. The molecule has 27 heavy (non-hydrogen) atoms. The third kappa shape index (κ3) is 4.41. The van der Waals surface area contributed by atoms with Gasteiger partial charge in [-0.15, -0.1) is 0 Å². The average Bonchev–Trinajstić information content (AvgIpc) is 3.26. The Balaban J connectivity index is 1.47. The Morgan fingerprint density at radius 3 is 3.00 bits per heavy atom. The van der Waals surface area contributed by atoms with Gasteiger partial charge in [-0.2, -0.15) is 26.9 Å². The van der Waals surface area contributed by atoms with Crippen molar-refractivity contribution in [3.63, 3.8) is 0 Å². The average molecular weight is 387 g/mol. The molecule has 1 N–H and O–H groups in total. The minimum Gasteiger partial charge on any atom is -0.321 e. The zero-order valence-electron chi connectivity index (χ0n) is 15.9. The molecule has 0 aromatic carbocycles. The van der Waals surface area contributed by atoms with Crippen LogP contribution in [0.4, 0.5) is 11.6 Å². The number of hydrogen-bond acceptors (Lipinski definition) is 7. The maximum atomic E-state index is 4.70. The molecule has 0 aliphatic carbocycles. The topological polar surface area (TPSA) is 76.7 Å². The standard InChI is InChI=1S/C18H26N8S/c1-24-13-16(10-20-24)22-18-19-8-15-9-21-26(17(15)23-18)12-14-4-3-5-25(11-14)6-7-27-2/h8-10,13-14H,3-7,11-12H2,1-2H3,(H,19,22,23). The van der Waals surface area contributed by atoms with Crippen molar-refractivity contribution in [2.75, 3.05) is 37.0 Å². The highest BCUT2D eigenvalue weighted by molar-refractivity contribution is 7.98. The summed E-state index contributed by atoms with van der Waals surface area (Å²) in [6.45, 7) is 4.45. The molecule has 0 saturated carbocycles. The van der Waals surface area contributed by atoms with Crippen LogP contribution < -0.4 is 5.32 Å². The Morgan fingerprint density at radius 2 is 2.19 bits per heavy atom. The summed E-state index contributed by atoms with van der Waals surface area (Å²) in [4.78, 5) is 11.7. The summed E-state index contributed by atoms with van der Waals surface area (Å²) in [6.07, 6.45) is 12.0. The van der Waals surface area contributed by atoms with Gasteiger partial charge in [0.15, 0.2) is 5.65 Å². The molecule has 1 unspecified atom stereocenters. The Kier molecular flexibility index (Phi) is 5.58. The molecule has 0 bridgehead atoms. The molecule has 1 saturated heterocycles. The van der Waals surface area contributed by atoms with E-state index < -0.39 is 0 Å². The molecule has 1 aliphatic heterocycles. The number of likely N-dealkylation sites (tertiary alicyclic amines) is 1. The van der Waals surface area contributed by atoms with E-state index in [0.29, 0.717) is 11.9 Å². The lowest BCUT2D eigenvalue weighted by Gasteiger charge is -2.32. The van der Waals surface area contributed by atoms with Crippen LogP contribution in [-0.2, 0) is 13.6 Å². The van der Waals surface area contributed by atoms with Gasteiger partial charge in [0.25, 0.3) is 0 Å². The Morgan fingerprint density at radius 1 is 1.26 bits per heavy atom. The number of rotatable bonds is 7. The maximum absolute atomic E-state index is 4.70. The van der Waals surface area contributed by atoms with Crippen molar-refractivity contribution in [3.05, 3.63) is 24.8 Å². The summed E-state index contributed by atoms with van der Waals surface area (Å²) in [5, 5.41) is 12.9. The SMILES string of the molecule is CSCCN1CCCC(Cn2ncc3cnc(Nc4cnn(C)c4)nc32)C1. The van der Waals surface area contributed by atoms with Gasteiger partial charge >= 0.3 is 0 Å². The highest BCUT2D eigenvalue weighted by atomic mass is 32.2. The van der Waals surface area contributed by atoms with E-state index in [2.05, 4.69) is 31.7 Å². The van der Waals surface area contributed by atoms with Crippen molar-refractivity contribution < 1.29 is 0 Å².